The van der Waals surface area contributed by atoms with Gasteiger partial charge in [-0.1, -0.05) is 30.3 Å². The Balaban J connectivity index is 1.22. The van der Waals surface area contributed by atoms with Gasteiger partial charge >= 0.3 is 0 Å². The number of amides is 2. The molecule has 1 aromatic heterocycles. The molecule has 29 heavy (non-hydrogen) atoms. The van der Waals surface area contributed by atoms with Crippen LogP contribution in [0.3, 0.4) is 0 Å². The summed E-state index contributed by atoms with van der Waals surface area (Å²) in [6.07, 6.45) is 8.63. The molecule has 0 N–H and O–H groups in total. The van der Waals surface area contributed by atoms with Crippen LogP contribution in [0.5, 0.6) is 0 Å². The summed E-state index contributed by atoms with van der Waals surface area (Å²) in [7, 11) is 0. The van der Waals surface area contributed by atoms with E-state index in [-0.39, 0.29) is 17.2 Å². The SMILES string of the molecule is O=C(CCn1cccn1)N1CCC2(CC1)CC(=O)N(CCCc1ccccc1)C2. The molecule has 0 unspecified atom stereocenters. The fraction of sp³-hybridized carbons (Fsp3) is 0.522. The van der Waals surface area contributed by atoms with Crippen molar-refractivity contribution in [2.75, 3.05) is 26.2 Å². The molecule has 2 aliphatic heterocycles. The molecule has 4 rings (SSSR count). The number of hydrogen-bond donors (Lipinski definition) is 0. The summed E-state index contributed by atoms with van der Waals surface area (Å²) in [6, 6.07) is 12.3. The minimum Gasteiger partial charge on any atom is -0.343 e. The second-order valence-corrected chi connectivity index (χ2v) is 8.48. The van der Waals surface area contributed by atoms with Crippen LogP contribution in [0.15, 0.2) is 48.8 Å². The van der Waals surface area contributed by atoms with Crippen LogP contribution in [0.2, 0.25) is 0 Å². The molecule has 6 nitrogen and oxygen atoms in total. The minimum absolute atomic E-state index is 0.0720. The minimum atomic E-state index is 0.0720. The van der Waals surface area contributed by atoms with Crippen LogP contribution < -0.4 is 0 Å². The number of hydrogen-bond acceptors (Lipinski definition) is 3. The monoisotopic (exact) mass is 394 g/mol. The number of piperidine rings is 1. The van der Waals surface area contributed by atoms with Crippen LogP contribution in [-0.4, -0.2) is 57.6 Å². The molecule has 1 spiro atoms. The molecule has 1 aromatic carbocycles. The number of likely N-dealkylation sites (tertiary alicyclic amines) is 2. The van der Waals surface area contributed by atoms with E-state index >= 15 is 0 Å². The molecular formula is C23H30N4O2. The summed E-state index contributed by atoms with van der Waals surface area (Å²) in [4.78, 5) is 29.1. The lowest BCUT2D eigenvalue weighted by Gasteiger charge is -2.39. The first-order valence-electron chi connectivity index (χ1n) is 10.7. The van der Waals surface area contributed by atoms with Gasteiger partial charge in [0.25, 0.3) is 0 Å². The van der Waals surface area contributed by atoms with Gasteiger partial charge in [-0.15, -0.1) is 0 Å². The first-order chi connectivity index (χ1) is 14.1. The fourth-order valence-electron chi connectivity index (χ4n) is 4.67. The third kappa shape index (κ3) is 4.86. The molecule has 154 valence electrons. The topological polar surface area (TPSA) is 58.4 Å². The zero-order valence-electron chi connectivity index (χ0n) is 17.0. The van der Waals surface area contributed by atoms with Crippen molar-refractivity contribution in [1.29, 1.82) is 0 Å². The summed E-state index contributed by atoms with van der Waals surface area (Å²) < 4.78 is 1.80. The number of aryl methyl sites for hydroxylation is 2. The van der Waals surface area contributed by atoms with E-state index in [1.807, 2.05) is 23.2 Å². The molecule has 0 radical (unpaired) electrons. The van der Waals surface area contributed by atoms with E-state index in [1.54, 1.807) is 10.9 Å². The maximum atomic E-state index is 12.6. The van der Waals surface area contributed by atoms with Crippen LogP contribution in [0, 0.1) is 5.41 Å². The van der Waals surface area contributed by atoms with Gasteiger partial charge in [0.15, 0.2) is 0 Å². The van der Waals surface area contributed by atoms with Crippen molar-refractivity contribution in [2.24, 2.45) is 5.41 Å². The average Bonchev–Trinajstić information content (AvgIpc) is 3.36. The zero-order chi connectivity index (χ0) is 20.1. The Hall–Kier alpha value is -2.63. The Morgan fingerprint density at radius 2 is 1.86 bits per heavy atom. The fourth-order valence-corrected chi connectivity index (χ4v) is 4.67. The van der Waals surface area contributed by atoms with Crippen molar-refractivity contribution in [3.63, 3.8) is 0 Å². The molecule has 2 fully saturated rings. The van der Waals surface area contributed by atoms with Crippen molar-refractivity contribution in [2.45, 2.75) is 45.1 Å². The summed E-state index contributed by atoms with van der Waals surface area (Å²) in [5, 5.41) is 4.15. The van der Waals surface area contributed by atoms with Crippen LogP contribution in [0.4, 0.5) is 0 Å². The highest BCUT2D eigenvalue weighted by atomic mass is 16.2. The normalized spacial score (nSPS) is 18.6. The van der Waals surface area contributed by atoms with Crippen LogP contribution in [-0.2, 0) is 22.6 Å². The zero-order valence-corrected chi connectivity index (χ0v) is 17.0. The quantitative estimate of drug-likeness (QED) is 0.726. The molecule has 6 heteroatoms. The first-order valence-corrected chi connectivity index (χ1v) is 10.7. The average molecular weight is 395 g/mol. The van der Waals surface area contributed by atoms with Gasteiger partial charge in [-0.2, -0.15) is 5.10 Å². The lowest BCUT2D eigenvalue weighted by molar-refractivity contribution is -0.133. The maximum Gasteiger partial charge on any atom is 0.224 e. The Morgan fingerprint density at radius 3 is 2.59 bits per heavy atom. The van der Waals surface area contributed by atoms with E-state index in [2.05, 4.69) is 34.3 Å². The van der Waals surface area contributed by atoms with E-state index in [1.165, 1.54) is 5.56 Å². The van der Waals surface area contributed by atoms with Gasteiger partial charge < -0.3 is 9.80 Å². The Bertz CT molecular complexity index is 811. The van der Waals surface area contributed by atoms with Crippen molar-refractivity contribution >= 4 is 11.8 Å². The van der Waals surface area contributed by atoms with Gasteiger partial charge in [-0.3, -0.25) is 14.3 Å². The molecule has 0 atom stereocenters. The van der Waals surface area contributed by atoms with Crippen LogP contribution >= 0.6 is 0 Å². The maximum absolute atomic E-state index is 12.6. The number of benzene rings is 1. The van der Waals surface area contributed by atoms with E-state index in [4.69, 9.17) is 0 Å². The second-order valence-electron chi connectivity index (χ2n) is 8.48. The van der Waals surface area contributed by atoms with Gasteiger partial charge in [-0.05, 0) is 37.3 Å². The molecule has 2 amide bonds. The van der Waals surface area contributed by atoms with Crippen molar-refractivity contribution in [1.82, 2.24) is 19.6 Å². The number of nitrogens with zero attached hydrogens (tertiary/aromatic N) is 4. The molecule has 0 saturated carbocycles. The number of aromatic nitrogens is 2. The molecule has 2 aromatic rings. The molecule has 3 heterocycles. The van der Waals surface area contributed by atoms with Crippen LogP contribution in [0.25, 0.3) is 0 Å². The van der Waals surface area contributed by atoms with Gasteiger partial charge in [0.05, 0.1) is 0 Å². The Morgan fingerprint density at radius 1 is 1.07 bits per heavy atom. The predicted molar refractivity (Wildman–Crippen MR) is 111 cm³/mol. The van der Waals surface area contributed by atoms with E-state index < -0.39 is 0 Å². The van der Waals surface area contributed by atoms with E-state index in [0.29, 0.717) is 19.4 Å². The molecule has 0 aliphatic carbocycles. The lowest BCUT2D eigenvalue weighted by Crippen LogP contribution is -2.44. The molecule has 2 aliphatic rings. The third-order valence-electron chi connectivity index (χ3n) is 6.43. The van der Waals surface area contributed by atoms with E-state index in [9.17, 15) is 9.59 Å². The summed E-state index contributed by atoms with van der Waals surface area (Å²) >= 11 is 0. The third-order valence-corrected chi connectivity index (χ3v) is 6.43. The number of rotatable bonds is 7. The smallest absolute Gasteiger partial charge is 0.224 e. The van der Waals surface area contributed by atoms with Crippen LogP contribution in [0.1, 0.15) is 37.7 Å². The Labute approximate surface area is 172 Å². The van der Waals surface area contributed by atoms with E-state index in [0.717, 1.165) is 51.9 Å². The molecular weight excluding hydrogens is 364 g/mol. The van der Waals surface area contributed by atoms with Crippen molar-refractivity contribution < 1.29 is 9.59 Å². The summed E-state index contributed by atoms with van der Waals surface area (Å²) in [5.74, 6) is 0.482. The molecule has 0 bridgehead atoms. The highest BCUT2D eigenvalue weighted by Crippen LogP contribution is 2.41. The van der Waals surface area contributed by atoms with Gasteiger partial charge in [-0.25, -0.2) is 0 Å². The largest absolute Gasteiger partial charge is 0.343 e. The standard InChI is InChI=1S/C23H30N4O2/c28-21(9-15-27-14-5-12-24-27)25-16-10-23(11-17-25)18-22(29)26(19-23)13-4-8-20-6-2-1-3-7-20/h1-3,5-7,12,14H,4,8-11,13,15-19H2. The summed E-state index contributed by atoms with van der Waals surface area (Å²) in [6.45, 7) is 3.85. The molecule has 2 saturated heterocycles. The highest BCUT2D eigenvalue weighted by Gasteiger charge is 2.45. The first kappa shape index (κ1) is 19.7. The van der Waals surface area contributed by atoms with Crippen molar-refractivity contribution in [3.05, 3.63) is 54.4 Å². The lowest BCUT2D eigenvalue weighted by atomic mass is 9.77. The van der Waals surface area contributed by atoms with Gasteiger partial charge in [0, 0.05) is 63.4 Å². The number of carbonyl (C=O) groups excluding carboxylic acids is 2. The summed E-state index contributed by atoms with van der Waals surface area (Å²) in [5.41, 5.74) is 1.40. The highest BCUT2D eigenvalue weighted by molar-refractivity contribution is 5.80. The van der Waals surface area contributed by atoms with Gasteiger partial charge in [0.2, 0.25) is 11.8 Å². The second kappa shape index (κ2) is 8.80. The van der Waals surface area contributed by atoms with Gasteiger partial charge in [0.1, 0.15) is 0 Å². The van der Waals surface area contributed by atoms with Crippen molar-refractivity contribution in [3.8, 4) is 0 Å². The number of carbonyl (C=O) groups is 2. The Kier molecular flexibility index (Phi) is 5.97. The predicted octanol–water partition coefficient (Wildman–Crippen LogP) is 2.75.